The number of nitrogens with zero attached hydrogens (tertiary/aromatic N) is 5. The maximum Gasteiger partial charge on any atom is 0.252 e. The van der Waals surface area contributed by atoms with Crippen LogP contribution in [0.1, 0.15) is 53.5 Å². The predicted octanol–water partition coefficient (Wildman–Crippen LogP) is 2.79. The number of imidazole rings is 1. The van der Waals surface area contributed by atoms with E-state index in [1.807, 2.05) is 37.0 Å². The maximum atomic E-state index is 12.4. The molecule has 0 spiro atoms. The Balaban J connectivity index is 1.42. The quantitative estimate of drug-likeness (QED) is 0.766. The molecular weight excluding hydrogens is 328 g/mol. The van der Waals surface area contributed by atoms with Gasteiger partial charge in [0.1, 0.15) is 5.52 Å². The fraction of sp³-hybridized carbons (Fsp3) is 0.474. The van der Waals surface area contributed by atoms with Gasteiger partial charge in [0.2, 0.25) is 0 Å². The normalized spacial score (nSPS) is 15.0. The van der Waals surface area contributed by atoms with Crippen molar-refractivity contribution in [1.82, 2.24) is 29.6 Å². The first-order valence-electron chi connectivity index (χ1n) is 9.23. The summed E-state index contributed by atoms with van der Waals surface area (Å²) in [4.78, 5) is 21.4. The van der Waals surface area contributed by atoms with E-state index in [1.165, 1.54) is 25.7 Å². The summed E-state index contributed by atoms with van der Waals surface area (Å²) in [6.07, 6.45) is 8.40. The van der Waals surface area contributed by atoms with E-state index in [2.05, 4.69) is 25.0 Å². The largest absolute Gasteiger partial charge is 0.350 e. The van der Waals surface area contributed by atoms with E-state index < -0.39 is 0 Å². The van der Waals surface area contributed by atoms with Crippen LogP contribution in [0.15, 0.2) is 24.7 Å². The van der Waals surface area contributed by atoms with Gasteiger partial charge in [0.25, 0.3) is 5.91 Å². The smallest absolute Gasteiger partial charge is 0.252 e. The number of carbonyl (C=O) groups is 1. The highest BCUT2D eigenvalue weighted by molar-refractivity contribution is 5.96. The van der Waals surface area contributed by atoms with E-state index in [1.54, 1.807) is 6.20 Å². The summed E-state index contributed by atoms with van der Waals surface area (Å²) in [5.74, 6) is -0.128. The van der Waals surface area contributed by atoms with Crippen molar-refractivity contribution < 1.29 is 4.79 Å². The lowest BCUT2D eigenvalue weighted by molar-refractivity contribution is 0.0951. The van der Waals surface area contributed by atoms with Crippen LogP contribution in [0.25, 0.3) is 11.2 Å². The Morgan fingerprint density at radius 3 is 2.77 bits per heavy atom. The second-order valence-electron chi connectivity index (χ2n) is 7.06. The Morgan fingerprint density at radius 2 is 2.04 bits per heavy atom. The number of rotatable bonds is 5. The van der Waals surface area contributed by atoms with Crippen molar-refractivity contribution in [3.05, 3.63) is 41.6 Å². The van der Waals surface area contributed by atoms with Gasteiger partial charge in [0.15, 0.2) is 5.65 Å². The summed E-state index contributed by atoms with van der Waals surface area (Å²) < 4.78 is 4.06. The molecule has 1 fully saturated rings. The van der Waals surface area contributed by atoms with Crippen molar-refractivity contribution >= 4 is 17.1 Å². The molecule has 7 nitrogen and oxygen atoms in total. The van der Waals surface area contributed by atoms with Gasteiger partial charge >= 0.3 is 0 Å². The van der Waals surface area contributed by atoms with E-state index in [9.17, 15) is 4.79 Å². The second kappa shape index (κ2) is 6.90. The van der Waals surface area contributed by atoms with Crippen molar-refractivity contribution in [2.75, 3.05) is 6.54 Å². The van der Waals surface area contributed by atoms with Gasteiger partial charge in [0, 0.05) is 24.5 Å². The van der Waals surface area contributed by atoms with E-state index in [0.717, 1.165) is 22.6 Å². The van der Waals surface area contributed by atoms with Crippen LogP contribution in [0.3, 0.4) is 0 Å². The molecule has 136 valence electrons. The average molecular weight is 352 g/mol. The van der Waals surface area contributed by atoms with Crippen LogP contribution in [-0.2, 0) is 6.54 Å². The van der Waals surface area contributed by atoms with E-state index in [-0.39, 0.29) is 5.91 Å². The Bertz CT molecular complexity index is 935. The standard InChI is InChI=1S/C19H24N6O/c1-13-9-14(2)25(23-13)8-7-20-19(26)15-10-17-18(21-11-15)24(12-22-17)16-5-3-4-6-16/h9-12,16H,3-8H2,1-2H3,(H,20,26). The van der Waals surface area contributed by atoms with Crippen LogP contribution >= 0.6 is 0 Å². The second-order valence-corrected chi connectivity index (χ2v) is 7.06. The monoisotopic (exact) mass is 352 g/mol. The summed E-state index contributed by atoms with van der Waals surface area (Å²) in [6, 6.07) is 4.35. The number of hydrogen-bond acceptors (Lipinski definition) is 4. The van der Waals surface area contributed by atoms with Gasteiger partial charge in [-0.2, -0.15) is 5.10 Å². The predicted molar refractivity (Wildman–Crippen MR) is 99.1 cm³/mol. The molecule has 1 aliphatic rings. The highest BCUT2D eigenvalue weighted by atomic mass is 16.1. The fourth-order valence-corrected chi connectivity index (χ4v) is 3.77. The lowest BCUT2D eigenvalue weighted by atomic mass is 10.2. The molecular formula is C19H24N6O. The van der Waals surface area contributed by atoms with Crippen LogP contribution in [0.4, 0.5) is 0 Å². The fourth-order valence-electron chi connectivity index (χ4n) is 3.77. The molecule has 0 saturated heterocycles. The number of pyridine rings is 1. The van der Waals surface area contributed by atoms with Crippen molar-refractivity contribution in [3.8, 4) is 0 Å². The number of carbonyl (C=O) groups excluding carboxylic acids is 1. The van der Waals surface area contributed by atoms with Crippen LogP contribution in [0.5, 0.6) is 0 Å². The molecule has 26 heavy (non-hydrogen) atoms. The topological polar surface area (TPSA) is 77.6 Å². The highest BCUT2D eigenvalue weighted by Gasteiger charge is 2.20. The summed E-state index contributed by atoms with van der Waals surface area (Å²) >= 11 is 0. The molecule has 0 bridgehead atoms. The third-order valence-corrected chi connectivity index (χ3v) is 5.11. The summed E-state index contributed by atoms with van der Waals surface area (Å²) in [7, 11) is 0. The molecule has 0 radical (unpaired) electrons. The number of nitrogens with one attached hydrogen (secondary N) is 1. The molecule has 1 amide bonds. The lowest BCUT2D eigenvalue weighted by Crippen LogP contribution is -2.27. The first kappa shape index (κ1) is 16.8. The minimum atomic E-state index is -0.128. The van der Waals surface area contributed by atoms with Crippen molar-refractivity contribution in [2.24, 2.45) is 0 Å². The zero-order valence-electron chi connectivity index (χ0n) is 15.3. The van der Waals surface area contributed by atoms with Gasteiger partial charge in [-0.15, -0.1) is 0 Å². The zero-order valence-corrected chi connectivity index (χ0v) is 15.3. The molecule has 1 aliphatic carbocycles. The Morgan fingerprint density at radius 1 is 1.23 bits per heavy atom. The third kappa shape index (κ3) is 3.21. The maximum absolute atomic E-state index is 12.4. The average Bonchev–Trinajstić information content (AvgIpc) is 3.34. The zero-order chi connectivity index (χ0) is 18.1. The molecule has 0 aliphatic heterocycles. The van der Waals surface area contributed by atoms with Crippen molar-refractivity contribution in [3.63, 3.8) is 0 Å². The molecule has 1 saturated carbocycles. The summed E-state index contributed by atoms with van der Waals surface area (Å²) in [5, 5.41) is 7.34. The molecule has 0 aromatic carbocycles. The third-order valence-electron chi connectivity index (χ3n) is 5.11. The van der Waals surface area contributed by atoms with Gasteiger partial charge in [-0.05, 0) is 38.8 Å². The van der Waals surface area contributed by atoms with Crippen molar-refractivity contribution in [1.29, 1.82) is 0 Å². The molecule has 0 atom stereocenters. The molecule has 7 heteroatoms. The number of amides is 1. The van der Waals surface area contributed by atoms with Crippen LogP contribution in [0, 0.1) is 13.8 Å². The van der Waals surface area contributed by atoms with E-state index in [0.29, 0.717) is 24.7 Å². The molecule has 3 aromatic heterocycles. The SMILES string of the molecule is Cc1cc(C)n(CCNC(=O)c2cnc3c(c2)ncn3C2CCCC2)n1. The number of fused-ring (bicyclic) bond motifs is 1. The van der Waals surface area contributed by atoms with Crippen molar-refractivity contribution in [2.45, 2.75) is 52.1 Å². The first-order chi connectivity index (χ1) is 12.6. The lowest BCUT2D eigenvalue weighted by Gasteiger charge is -2.11. The number of hydrogen-bond donors (Lipinski definition) is 1. The van der Waals surface area contributed by atoms with Gasteiger partial charge in [0.05, 0.1) is 24.1 Å². The molecule has 3 heterocycles. The van der Waals surface area contributed by atoms with Crippen LogP contribution in [-0.4, -0.2) is 36.8 Å². The minimum Gasteiger partial charge on any atom is -0.350 e. The first-order valence-corrected chi connectivity index (χ1v) is 9.23. The van der Waals surface area contributed by atoms with Gasteiger partial charge in [-0.3, -0.25) is 9.48 Å². The Kier molecular flexibility index (Phi) is 4.44. The van der Waals surface area contributed by atoms with Gasteiger partial charge in [-0.1, -0.05) is 12.8 Å². The number of aromatic nitrogens is 5. The van der Waals surface area contributed by atoms with Crippen LogP contribution in [0.2, 0.25) is 0 Å². The van der Waals surface area contributed by atoms with E-state index in [4.69, 9.17) is 0 Å². The number of aryl methyl sites for hydroxylation is 2. The molecule has 3 aromatic rings. The summed E-state index contributed by atoms with van der Waals surface area (Å²) in [5.41, 5.74) is 4.28. The van der Waals surface area contributed by atoms with Gasteiger partial charge < -0.3 is 9.88 Å². The molecule has 4 rings (SSSR count). The molecule has 1 N–H and O–H groups in total. The molecule has 0 unspecified atom stereocenters. The Hall–Kier alpha value is -2.70. The Labute approximate surface area is 152 Å². The van der Waals surface area contributed by atoms with E-state index >= 15 is 0 Å². The highest BCUT2D eigenvalue weighted by Crippen LogP contribution is 2.31. The minimum absolute atomic E-state index is 0.128. The summed E-state index contributed by atoms with van der Waals surface area (Å²) in [6.45, 7) is 5.15. The van der Waals surface area contributed by atoms with Gasteiger partial charge in [-0.25, -0.2) is 9.97 Å². The van der Waals surface area contributed by atoms with Crippen LogP contribution < -0.4 is 5.32 Å².